The standard InChI is InChI=1S/C19H16F2N4O/c1-11-6-7-16(12(2)8-11)24-19-22-9-13(10-23-19)18(26)25-17-14(20)4-3-5-15(17)21/h3-10H,1-2H3,(H,25,26)(H,22,23,24). The fourth-order valence-electron chi connectivity index (χ4n) is 2.39. The maximum Gasteiger partial charge on any atom is 0.258 e. The van der Waals surface area contributed by atoms with E-state index >= 15 is 0 Å². The number of anilines is 3. The summed E-state index contributed by atoms with van der Waals surface area (Å²) in [7, 11) is 0. The number of hydrogen-bond acceptors (Lipinski definition) is 4. The Hall–Kier alpha value is -3.35. The molecular formula is C19H16F2N4O. The summed E-state index contributed by atoms with van der Waals surface area (Å²) in [6.45, 7) is 3.96. The number of nitrogens with zero attached hydrogens (tertiary/aromatic N) is 2. The van der Waals surface area contributed by atoms with Crippen LogP contribution < -0.4 is 10.6 Å². The van der Waals surface area contributed by atoms with Crippen molar-refractivity contribution in [1.29, 1.82) is 0 Å². The molecule has 3 rings (SSSR count). The molecule has 1 aromatic heterocycles. The Bertz CT molecular complexity index is 938. The molecule has 0 spiro atoms. The van der Waals surface area contributed by atoms with Gasteiger partial charge in [0.25, 0.3) is 5.91 Å². The first-order valence-electron chi connectivity index (χ1n) is 7.86. The summed E-state index contributed by atoms with van der Waals surface area (Å²) in [5.74, 6) is -2.10. The summed E-state index contributed by atoms with van der Waals surface area (Å²) >= 11 is 0. The van der Waals surface area contributed by atoms with Gasteiger partial charge >= 0.3 is 0 Å². The molecule has 0 aliphatic carbocycles. The second kappa shape index (κ2) is 7.26. The molecule has 0 saturated heterocycles. The first kappa shape index (κ1) is 17.5. The Morgan fingerprint density at radius 2 is 1.65 bits per heavy atom. The SMILES string of the molecule is Cc1ccc(Nc2ncc(C(=O)Nc3c(F)cccc3F)cn2)c(C)c1. The van der Waals surface area contributed by atoms with Gasteiger partial charge in [0.2, 0.25) is 5.95 Å². The molecular weight excluding hydrogens is 338 g/mol. The van der Waals surface area contributed by atoms with Gasteiger partial charge in [0, 0.05) is 18.1 Å². The van der Waals surface area contributed by atoms with Gasteiger partial charge in [-0.05, 0) is 37.6 Å². The van der Waals surface area contributed by atoms with Crippen molar-refractivity contribution < 1.29 is 13.6 Å². The number of halogens is 2. The van der Waals surface area contributed by atoms with Crippen LogP contribution in [0.5, 0.6) is 0 Å². The van der Waals surface area contributed by atoms with Crippen molar-refractivity contribution >= 4 is 23.2 Å². The topological polar surface area (TPSA) is 66.9 Å². The van der Waals surface area contributed by atoms with Crippen LogP contribution in [-0.4, -0.2) is 15.9 Å². The van der Waals surface area contributed by atoms with E-state index in [1.807, 2.05) is 32.0 Å². The lowest BCUT2D eigenvalue weighted by Gasteiger charge is -2.10. The minimum absolute atomic E-state index is 0.0823. The van der Waals surface area contributed by atoms with Crippen LogP contribution in [0.15, 0.2) is 48.8 Å². The van der Waals surface area contributed by atoms with Crippen LogP contribution in [0.4, 0.5) is 26.1 Å². The highest BCUT2D eigenvalue weighted by Gasteiger charge is 2.14. The Morgan fingerprint density at radius 3 is 2.27 bits per heavy atom. The van der Waals surface area contributed by atoms with Gasteiger partial charge in [0.05, 0.1) is 5.56 Å². The molecule has 7 heteroatoms. The molecule has 26 heavy (non-hydrogen) atoms. The van der Waals surface area contributed by atoms with E-state index in [-0.39, 0.29) is 5.56 Å². The van der Waals surface area contributed by atoms with Crippen molar-refractivity contribution in [3.63, 3.8) is 0 Å². The van der Waals surface area contributed by atoms with Crippen molar-refractivity contribution in [2.45, 2.75) is 13.8 Å². The third-order valence-electron chi connectivity index (χ3n) is 3.74. The Labute approximate surface area is 149 Å². The molecule has 0 saturated carbocycles. The molecule has 5 nitrogen and oxygen atoms in total. The second-order valence-electron chi connectivity index (χ2n) is 5.79. The minimum atomic E-state index is -0.854. The predicted molar refractivity (Wildman–Crippen MR) is 95.5 cm³/mol. The summed E-state index contributed by atoms with van der Waals surface area (Å²) in [4.78, 5) is 20.3. The Kier molecular flexibility index (Phi) is 4.88. The summed E-state index contributed by atoms with van der Waals surface area (Å²) in [5, 5.41) is 5.25. The number of carbonyl (C=O) groups excluding carboxylic acids is 1. The van der Waals surface area contributed by atoms with Crippen molar-refractivity contribution in [3.8, 4) is 0 Å². The quantitative estimate of drug-likeness (QED) is 0.730. The molecule has 0 aliphatic rings. The van der Waals surface area contributed by atoms with Crippen LogP contribution in [0.25, 0.3) is 0 Å². The fraction of sp³-hybridized carbons (Fsp3) is 0.105. The van der Waals surface area contributed by atoms with Gasteiger partial charge in [-0.15, -0.1) is 0 Å². The summed E-state index contributed by atoms with van der Waals surface area (Å²) in [5.41, 5.74) is 2.60. The van der Waals surface area contributed by atoms with E-state index in [4.69, 9.17) is 0 Å². The minimum Gasteiger partial charge on any atom is -0.324 e. The molecule has 0 atom stereocenters. The number of hydrogen-bond donors (Lipinski definition) is 2. The fourth-order valence-corrected chi connectivity index (χ4v) is 2.39. The zero-order chi connectivity index (χ0) is 18.7. The largest absolute Gasteiger partial charge is 0.324 e. The van der Waals surface area contributed by atoms with E-state index in [9.17, 15) is 13.6 Å². The second-order valence-corrected chi connectivity index (χ2v) is 5.79. The first-order chi connectivity index (χ1) is 12.4. The van der Waals surface area contributed by atoms with Gasteiger partial charge in [-0.1, -0.05) is 23.8 Å². The average Bonchev–Trinajstić information content (AvgIpc) is 2.61. The molecule has 0 unspecified atom stereocenters. The van der Waals surface area contributed by atoms with Crippen molar-refractivity contribution in [2.24, 2.45) is 0 Å². The van der Waals surface area contributed by atoms with Crippen LogP contribution in [0.2, 0.25) is 0 Å². The number of aryl methyl sites for hydroxylation is 2. The van der Waals surface area contributed by atoms with Crippen molar-refractivity contribution in [3.05, 3.63) is 77.1 Å². The van der Waals surface area contributed by atoms with Gasteiger partial charge in [0.15, 0.2) is 0 Å². The van der Waals surface area contributed by atoms with Crippen LogP contribution in [0.3, 0.4) is 0 Å². The zero-order valence-corrected chi connectivity index (χ0v) is 14.2. The molecule has 0 radical (unpaired) electrons. The average molecular weight is 354 g/mol. The van der Waals surface area contributed by atoms with E-state index < -0.39 is 23.2 Å². The molecule has 0 aliphatic heterocycles. The number of carbonyl (C=O) groups is 1. The van der Waals surface area contributed by atoms with E-state index in [1.54, 1.807) is 0 Å². The smallest absolute Gasteiger partial charge is 0.258 e. The van der Waals surface area contributed by atoms with Crippen molar-refractivity contribution in [1.82, 2.24) is 9.97 Å². The monoisotopic (exact) mass is 354 g/mol. The lowest BCUT2D eigenvalue weighted by Crippen LogP contribution is -2.15. The van der Waals surface area contributed by atoms with Gasteiger partial charge in [-0.25, -0.2) is 18.7 Å². The van der Waals surface area contributed by atoms with Crippen LogP contribution in [-0.2, 0) is 0 Å². The molecule has 2 aromatic carbocycles. The zero-order valence-electron chi connectivity index (χ0n) is 14.2. The van der Waals surface area contributed by atoms with E-state index in [0.29, 0.717) is 5.95 Å². The van der Waals surface area contributed by atoms with Crippen LogP contribution in [0, 0.1) is 25.5 Å². The van der Waals surface area contributed by atoms with Gasteiger partial charge < -0.3 is 10.6 Å². The maximum atomic E-state index is 13.6. The molecule has 2 N–H and O–H groups in total. The molecule has 1 amide bonds. The van der Waals surface area contributed by atoms with Crippen LogP contribution in [0.1, 0.15) is 21.5 Å². The number of benzene rings is 2. The van der Waals surface area contributed by atoms with E-state index in [0.717, 1.165) is 28.9 Å². The third-order valence-corrected chi connectivity index (χ3v) is 3.74. The number of aromatic nitrogens is 2. The highest BCUT2D eigenvalue weighted by molar-refractivity contribution is 6.04. The Morgan fingerprint density at radius 1 is 1.00 bits per heavy atom. The van der Waals surface area contributed by atoms with Gasteiger partial charge in [-0.2, -0.15) is 0 Å². The van der Waals surface area contributed by atoms with Crippen molar-refractivity contribution in [2.75, 3.05) is 10.6 Å². The lowest BCUT2D eigenvalue weighted by atomic mass is 10.1. The highest BCUT2D eigenvalue weighted by atomic mass is 19.1. The molecule has 0 bridgehead atoms. The summed E-state index contributed by atoms with van der Waals surface area (Å²) < 4.78 is 27.2. The predicted octanol–water partition coefficient (Wildman–Crippen LogP) is 4.37. The lowest BCUT2D eigenvalue weighted by molar-refractivity contribution is 0.102. The normalized spacial score (nSPS) is 10.5. The van der Waals surface area contributed by atoms with E-state index in [1.165, 1.54) is 18.5 Å². The van der Waals surface area contributed by atoms with Gasteiger partial charge in [-0.3, -0.25) is 4.79 Å². The molecule has 0 fully saturated rings. The van der Waals surface area contributed by atoms with E-state index in [2.05, 4.69) is 20.6 Å². The molecule has 132 valence electrons. The number of nitrogens with one attached hydrogen (secondary N) is 2. The summed E-state index contributed by atoms with van der Waals surface area (Å²) in [6.07, 6.45) is 2.57. The number of para-hydroxylation sites is 1. The Balaban J connectivity index is 1.74. The van der Waals surface area contributed by atoms with Gasteiger partial charge in [0.1, 0.15) is 17.3 Å². The number of rotatable bonds is 4. The molecule has 1 heterocycles. The maximum absolute atomic E-state index is 13.6. The van der Waals surface area contributed by atoms with Crippen LogP contribution >= 0.6 is 0 Å². The highest BCUT2D eigenvalue weighted by Crippen LogP contribution is 2.20. The number of amides is 1. The first-order valence-corrected chi connectivity index (χ1v) is 7.86. The third kappa shape index (κ3) is 3.83. The molecule has 3 aromatic rings. The summed E-state index contributed by atoms with van der Waals surface area (Å²) in [6, 6.07) is 9.23.